The van der Waals surface area contributed by atoms with Crippen LogP contribution in [0.4, 0.5) is 0 Å². The normalized spacial score (nSPS) is 19.4. The number of rotatable bonds is 3. The largest absolute Gasteiger partial charge is 0.340 e. The van der Waals surface area contributed by atoms with Crippen molar-refractivity contribution in [1.29, 1.82) is 0 Å². The molecule has 5 heteroatoms. The molecule has 1 aliphatic rings. The molecule has 0 spiro atoms. The summed E-state index contributed by atoms with van der Waals surface area (Å²) in [4.78, 5) is 14.4. The number of amides is 1. The van der Waals surface area contributed by atoms with Gasteiger partial charge in [-0.3, -0.25) is 4.79 Å². The lowest BCUT2D eigenvalue weighted by Gasteiger charge is -2.32. The molecule has 1 heterocycles. The summed E-state index contributed by atoms with van der Waals surface area (Å²) < 4.78 is 0. The molecular formula is C17H22Cl2N2O. The van der Waals surface area contributed by atoms with E-state index in [1.165, 1.54) is 0 Å². The van der Waals surface area contributed by atoms with Crippen LogP contribution in [0.25, 0.3) is 0 Å². The predicted octanol–water partition coefficient (Wildman–Crippen LogP) is 4.65. The van der Waals surface area contributed by atoms with Gasteiger partial charge in [0.2, 0.25) is 0 Å². The van der Waals surface area contributed by atoms with E-state index in [1.807, 2.05) is 33.8 Å². The molecule has 1 aliphatic heterocycles. The van der Waals surface area contributed by atoms with Gasteiger partial charge >= 0.3 is 0 Å². The zero-order chi connectivity index (χ0) is 16.7. The molecule has 0 aliphatic carbocycles. The predicted molar refractivity (Wildman–Crippen MR) is 92.0 cm³/mol. The molecule has 1 aromatic rings. The molecule has 1 amide bonds. The summed E-state index contributed by atoms with van der Waals surface area (Å²) in [6.07, 6.45) is 0.879. The standard InChI is InChI=1S/C17H22Cl2N2O/c1-6-10(2)15-20-16(22)17(4,5)21(15)9-12-11(3)7-8-13(18)14(12)19/h7-8H,6,9H2,1-5H3,(H,20,22)/b15-10+. The van der Waals surface area contributed by atoms with Gasteiger partial charge in [-0.05, 0) is 56.9 Å². The Labute approximate surface area is 142 Å². The molecule has 0 unspecified atom stereocenters. The van der Waals surface area contributed by atoms with Crippen LogP contribution in [0.1, 0.15) is 45.2 Å². The average molecular weight is 341 g/mol. The number of halogens is 2. The molecule has 3 nitrogen and oxygen atoms in total. The fraction of sp³-hybridized carbons (Fsp3) is 0.471. The first-order valence-electron chi connectivity index (χ1n) is 7.42. The van der Waals surface area contributed by atoms with E-state index in [2.05, 4.69) is 17.1 Å². The molecule has 120 valence electrons. The third-order valence-corrected chi connectivity index (χ3v) is 5.26. The first-order valence-corrected chi connectivity index (χ1v) is 8.18. The van der Waals surface area contributed by atoms with Gasteiger partial charge in [0, 0.05) is 6.54 Å². The topological polar surface area (TPSA) is 32.3 Å². The van der Waals surface area contributed by atoms with Gasteiger partial charge in [-0.25, -0.2) is 0 Å². The maximum absolute atomic E-state index is 12.3. The molecule has 0 radical (unpaired) electrons. The van der Waals surface area contributed by atoms with Crippen molar-refractivity contribution in [2.75, 3.05) is 0 Å². The summed E-state index contributed by atoms with van der Waals surface area (Å²) >= 11 is 12.5. The van der Waals surface area contributed by atoms with E-state index in [1.54, 1.807) is 6.07 Å². The van der Waals surface area contributed by atoms with Crippen molar-refractivity contribution in [3.8, 4) is 0 Å². The molecular weight excluding hydrogens is 319 g/mol. The van der Waals surface area contributed by atoms with Crippen LogP contribution in [-0.4, -0.2) is 16.3 Å². The molecule has 0 saturated carbocycles. The van der Waals surface area contributed by atoms with Gasteiger partial charge in [-0.15, -0.1) is 0 Å². The summed E-state index contributed by atoms with van der Waals surface area (Å²) in [6, 6.07) is 3.76. The smallest absolute Gasteiger partial charge is 0.250 e. The first kappa shape index (κ1) is 17.2. The van der Waals surface area contributed by atoms with Crippen LogP contribution in [0, 0.1) is 6.92 Å². The highest BCUT2D eigenvalue weighted by molar-refractivity contribution is 6.42. The Morgan fingerprint density at radius 2 is 1.95 bits per heavy atom. The highest BCUT2D eigenvalue weighted by atomic mass is 35.5. The fourth-order valence-corrected chi connectivity index (χ4v) is 3.00. The highest BCUT2D eigenvalue weighted by Crippen LogP contribution is 2.35. The zero-order valence-corrected chi connectivity index (χ0v) is 15.2. The number of hydrogen-bond acceptors (Lipinski definition) is 2. The van der Waals surface area contributed by atoms with E-state index in [-0.39, 0.29) is 5.91 Å². The van der Waals surface area contributed by atoms with Crippen LogP contribution in [-0.2, 0) is 11.3 Å². The Bertz CT molecular complexity index is 650. The van der Waals surface area contributed by atoms with Crippen LogP contribution in [0.3, 0.4) is 0 Å². The zero-order valence-electron chi connectivity index (χ0n) is 13.7. The number of carbonyl (C=O) groups excluding carboxylic acids is 1. The number of nitrogens with zero attached hydrogens (tertiary/aromatic N) is 1. The van der Waals surface area contributed by atoms with Gasteiger partial charge < -0.3 is 10.2 Å². The third-order valence-electron chi connectivity index (χ3n) is 4.41. The second-order valence-corrected chi connectivity index (χ2v) is 7.02. The van der Waals surface area contributed by atoms with Gasteiger partial charge in [0.1, 0.15) is 11.4 Å². The molecule has 1 N–H and O–H groups in total. The number of benzene rings is 1. The Balaban J connectivity index is 2.50. The van der Waals surface area contributed by atoms with Crippen LogP contribution in [0.15, 0.2) is 23.5 Å². The number of hydrogen-bond donors (Lipinski definition) is 1. The van der Waals surface area contributed by atoms with Crippen molar-refractivity contribution in [3.63, 3.8) is 0 Å². The lowest BCUT2D eigenvalue weighted by Crippen LogP contribution is -2.42. The van der Waals surface area contributed by atoms with Crippen LogP contribution in [0.2, 0.25) is 10.0 Å². The highest BCUT2D eigenvalue weighted by Gasteiger charge is 2.43. The van der Waals surface area contributed by atoms with Crippen molar-refractivity contribution >= 4 is 29.1 Å². The van der Waals surface area contributed by atoms with Gasteiger partial charge in [0.05, 0.1) is 10.0 Å². The minimum absolute atomic E-state index is 0.00565. The molecule has 1 fully saturated rings. The quantitative estimate of drug-likeness (QED) is 0.868. The van der Waals surface area contributed by atoms with E-state index < -0.39 is 5.54 Å². The lowest BCUT2D eigenvalue weighted by molar-refractivity contribution is -0.125. The van der Waals surface area contributed by atoms with Gasteiger partial charge in [0.25, 0.3) is 5.91 Å². The maximum Gasteiger partial charge on any atom is 0.250 e. The van der Waals surface area contributed by atoms with Crippen molar-refractivity contribution in [2.45, 2.75) is 53.1 Å². The Morgan fingerprint density at radius 3 is 2.55 bits per heavy atom. The van der Waals surface area contributed by atoms with E-state index >= 15 is 0 Å². The average Bonchev–Trinajstić information content (AvgIpc) is 2.69. The minimum atomic E-state index is -0.621. The SMILES string of the molecule is CC/C(C)=C1\NC(=O)C(C)(C)N1Cc1c(C)ccc(Cl)c1Cl. The Hall–Kier alpha value is -1.19. The molecule has 2 rings (SSSR count). The second kappa shape index (κ2) is 6.13. The molecule has 0 bridgehead atoms. The number of allylic oxidation sites excluding steroid dienone is 1. The van der Waals surface area contributed by atoms with Crippen LogP contribution in [0.5, 0.6) is 0 Å². The number of nitrogens with one attached hydrogen (secondary N) is 1. The maximum atomic E-state index is 12.3. The Morgan fingerprint density at radius 1 is 1.32 bits per heavy atom. The van der Waals surface area contributed by atoms with E-state index in [0.29, 0.717) is 16.6 Å². The second-order valence-electron chi connectivity index (χ2n) is 6.24. The summed E-state index contributed by atoms with van der Waals surface area (Å²) in [5.41, 5.74) is 2.55. The summed E-state index contributed by atoms with van der Waals surface area (Å²) in [5.74, 6) is 0.888. The van der Waals surface area contributed by atoms with Crippen molar-refractivity contribution < 1.29 is 4.79 Å². The molecule has 1 saturated heterocycles. The molecule has 0 aromatic heterocycles. The van der Waals surface area contributed by atoms with Gasteiger partial charge in [-0.2, -0.15) is 0 Å². The first-order chi connectivity index (χ1) is 10.2. The molecule has 22 heavy (non-hydrogen) atoms. The van der Waals surface area contributed by atoms with Crippen molar-refractivity contribution in [2.24, 2.45) is 0 Å². The third kappa shape index (κ3) is 2.84. The van der Waals surface area contributed by atoms with E-state index in [9.17, 15) is 4.79 Å². The lowest BCUT2D eigenvalue weighted by atomic mass is 10.0. The summed E-state index contributed by atoms with van der Waals surface area (Å²) in [6.45, 7) is 10.5. The number of aryl methyl sites for hydroxylation is 1. The van der Waals surface area contributed by atoms with Gasteiger partial charge in [0.15, 0.2) is 0 Å². The fourth-order valence-electron chi connectivity index (χ4n) is 2.55. The molecule has 0 atom stereocenters. The Kier molecular flexibility index (Phi) is 4.78. The van der Waals surface area contributed by atoms with E-state index in [4.69, 9.17) is 23.2 Å². The monoisotopic (exact) mass is 340 g/mol. The van der Waals surface area contributed by atoms with Crippen molar-refractivity contribution in [3.05, 3.63) is 44.7 Å². The molecule has 1 aromatic carbocycles. The van der Waals surface area contributed by atoms with E-state index in [0.717, 1.165) is 28.9 Å². The van der Waals surface area contributed by atoms with Crippen LogP contribution >= 0.6 is 23.2 Å². The van der Waals surface area contributed by atoms with Gasteiger partial charge in [-0.1, -0.05) is 36.2 Å². The van der Waals surface area contributed by atoms with Crippen LogP contribution < -0.4 is 5.32 Å². The summed E-state index contributed by atoms with van der Waals surface area (Å²) in [7, 11) is 0. The van der Waals surface area contributed by atoms with Crippen molar-refractivity contribution in [1.82, 2.24) is 10.2 Å². The minimum Gasteiger partial charge on any atom is -0.340 e. The summed E-state index contributed by atoms with van der Waals surface area (Å²) in [5, 5.41) is 4.11. The number of carbonyl (C=O) groups is 1.